The number of hydrogen-bond donors (Lipinski definition) is 1. The molecule has 4 atom stereocenters. The number of aromatic nitrogens is 1. The topological polar surface area (TPSA) is 115 Å². The van der Waals surface area contributed by atoms with Gasteiger partial charge in [-0.25, -0.2) is 9.38 Å². The van der Waals surface area contributed by atoms with E-state index in [1.165, 1.54) is 6.07 Å². The van der Waals surface area contributed by atoms with Crippen LogP contribution >= 0.6 is 0 Å². The van der Waals surface area contributed by atoms with Crippen LogP contribution in [0, 0.1) is 45.7 Å². The Bertz CT molecular complexity index is 2360. The lowest BCUT2D eigenvalue weighted by atomic mass is 9.78. The van der Waals surface area contributed by atoms with Gasteiger partial charge in [0.25, 0.3) is 0 Å². The molecule has 5 aromatic carbocycles. The third-order valence-electron chi connectivity index (χ3n) is 9.05. The molecule has 0 radical (unpaired) electrons. The van der Waals surface area contributed by atoms with Gasteiger partial charge < -0.3 is 9.47 Å². The molecule has 3 heterocycles. The molecule has 8 heteroatoms. The molecule has 1 N–H and O–H groups in total. The molecule has 2 aliphatic rings. The quantitative estimate of drug-likeness (QED) is 0.215. The van der Waals surface area contributed by atoms with Crippen LogP contribution in [0.3, 0.4) is 0 Å². The van der Waals surface area contributed by atoms with E-state index in [0.717, 1.165) is 21.9 Å². The Morgan fingerprint density at radius 2 is 1.36 bits per heavy atom. The summed E-state index contributed by atoms with van der Waals surface area (Å²) in [4.78, 5) is 9.19. The molecular weight excluding hydrogens is 589 g/mol. The van der Waals surface area contributed by atoms with Crippen LogP contribution in [0.1, 0.15) is 34.1 Å². The van der Waals surface area contributed by atoms with Crippen molar-refractivity contribution in [3.63, 3.8) is 0 Å². The Balaban J connectivity index is 1.31. The lowest BCUT2D eigenvalue weighted by molar-refractivity contribution is 0.448. The van der Waals surface area contributed by atoms with E-state index in [0.29, 0.717) is 39.1 Å². The molecule has 0 bridgehead atoms. The van der Waals surface area contributed by atoms with Gasteiger partial charge in [-0.1, -0.05) is 78.9 Å². The van der Waals surface area contributed by atoms with Crippen molar-refractivity contribution in [2.24, 2.45) is 16.8 Å². The summed E-state index contributed by atoms with van der Waals surface area (Å²) < 4.78 is 27.7. The molecule has 47 heavy (non-hydrogen) atoms. The Labute approximate surface area is 269 Å². The summed E-state index contributed by atoms with van der Waals surface area (Å²) in [6.07, 6.45) is 3.43. The van der Waals surface area contributed by atoms with Gasteiger partial charge in [0.05, 0.1) is 17.8 Å². The van der Waals surface area contributed by atoms with Crippen LogP contribution in [-0.4, -0.2) is 16.8 Å². The SMILES string of the molecule is N#CC1C(=Nc2cccc3c4c(ccc23)C(c2ccccc2F)C(C#N)C(=N)O4)Oc2c(ccc3ccccc23)C1c1ccncc1. The average molecular weight is 614 g/mol. The van der Waals surface area contributed by atoms with Crippen molar-refractivity contribution in [3.8, 4) is 23.6 Å². The van der Waals surface area contributed by atoms with Gasteiger partial charge in [-0.15, -0.1) is 0 Å². The third-order valence-corrected chi connectivity index (χ3v) is 9.05. The van der Waals surface area contributed by atoms with Crippen LogP contribution in [0.25, 0.3) is 21.5 Å². The lowest BCUT2D eigenvalue weighted by Crippen LogP contribution is -2.32. The molecule has 0 spiro atoms. The Hall–Kier alpha value is -6.38. The second-order valence-electron chi connectivity index (χ2n) is 11.6. The lowest BCUT2D eigenvalue weighted by Gasteiger charge is -2.32. The van der Waals surface area contributed by atoms with Crippen molar-refractivity contribution >= 4 is 39.0 Å². The molecule has 0 saturated heterocycles. The largest absolute Gasteiger partial charge is 0.441 e. The molecule has 2 aliphatic heterocycles. The highest BCUT2D eigenvalue weighted by Crippen LogP contribution is 2.49. The number of fused-ring (bicyclic) bond motifs is 6. The summed E-state index contributed by atoms with van der Waals surface area (Å²) in [7, 11) is 0. The summed E-state index contributed by atoms with van der Waals surface area (Å²) in [5, 5.41) is 32.4. The van der Waals surface area contributed by atoms with Gasteiger partial charge >= 0.3 is 0 Å². The highest BCUT2D eigenvalue weighted by atomic mass is 19.1. The number of nitriles is 2. The summed E-state index contributed by atoms with van der Waals surface area (Å²) in [6, 6.07) is 35.9. The van der Waals surface area contributed by atoms with E-state index in [1.807, 2.05) is 72.8 Å². The molecular formula is C39H24FN5O2. The third kappa shape index (κ3) is 4.50. The van der Waals surface area contributed by atoms with Crippen molar-refractivity contribution in [3.05, 3.63) is 144 Å². The molecule has 1 aromatic heterocycles. The first-order valence-electron chi connectivity index (χ1n) is 15.1. The normalized spacial score (nSPS) is 20.8. The molecule has 8 rings (SSSR count). The smallest absolute Gasteiger partial charge is 0.213 e. The summed E-state index contributed by atoms with van der Waals surface area (Å²) in [5.41, 5.74) is 3.29. The Morgan fingerprint density at radius 3 is 2.17 bits per heavy atom. The van der Waals surface area contributed by atoms with E-state index < -0.39 is 23.6 Å². The van der Waals surface area contributed by atoms with Crippen molar-refractivity contribution < 1.29 is 13.9 Å². The van der Waals surface area contributed by atoms with Crippen molar-refractivity contribution in [1.29, 1.82) is 15.9 Å². The molecule has 224 valence electrons. The molecule has 7 nitrogen and oxygen atoms in total. The van der Waals surface area contributed by atoms with E-state index in [1.54, 1.807) is 36.7 Å². The van der Waals surface area contributed by atoms with Crippen LogP contribution in [-0.2, 0) is 0 Å². The van der Waals surface area contributed by atoms with E-state index in [2.05, 4.69) is 17.1 Å². The predicted octanol–water partition coefficient (Wildman–Crippen LogP) is 8.56. The zero-order valence-corrected chi connectivity index (χ0v) is 24.8. The highest BCUT2D eigenvalue weighted by Gasteiger charge is 2.40. The van der Waals surface area contributed by atoms with Gasteiger partial charge in [0.2, 0.25) is 11.8 Å². The highest BCUT2D eigenvalue weighted by molar-refractivity contribution is 6.03. The second-order valence-corrected chi connectivity index (χ2v) is 11.6. The van der Waals surface area contributed by atoms with Gasteiger partial charge in [0.15, 0.2) is 0 Å². The minimum atomic E-state index is -0.993. The fourth-order valence-corrected chi connectivity index (χ4v) is 6.89. The van der Waals surface area contributed by atoms with Gasteiger partial charge in [-0.2, -0.15) is 10.5 Å². The zero-order valence-electron chi connectivity index (χ0n) is 24.8. The first-order chi connectivity index (χ1) is 23.1. The predicted molar refractivity (Wildman–Crippen MR) is 177 cm³/mol. The maximum Gasteiger partial charge on any atom is 0.213 e. The molecule has 0 amide bonds. The fraction of sp³-hybridized carbons (Fsp3) is 0.103. The Kier molecular flexibility index (Phi) is 6.70. The number of ether oxygens (including phenoxy) is 2. The number of rotatable bonds is 3. The number of benzene rings is 5. The summed E-state index contributed by atoms with van der Waals surface area (Å²) >= 11 is 0. The number of nitrogens with one attached hydrogen (secondary N) is 1. The number of pyridine rings is 1. The zero-order chi connectivity index (χ0) is 32.1. The molecule has 0 aliphatic carbocycles. The van der Waals surface area contributed by atoms with Crippen LogP contribution in [0.15, 0.2) is 121 Å². The van der Waals surface area contributed by atoms with Crippen molar-refractivity contribution in [1.82, 2.24) is 4.98 Å². The fourth-order valence-electron chi connectivity index (χ4n) is 6.89. The minimum Gasteiger partial charge on any atom is -0.441 e. The maximum atomic E-state index is 15.1. The first kappa shape index (κ1) is 28.1. The molecule has 0 saturated carbocycles. The van der Waals surface area contributed by atoms with Crippen LogP contribution in [0.2, 0.25) is 0 Å². The molecule has 4 unspecified atom stereocenters. The summed E-state index contributed by atoms with van der Waals surface area (Å²) in [5.74, 6) is -2.24. The number of nitrogens with zero attached hydrogens (tertiary/aromatic N) is 4. The van der Waals surface area contributed by atoms with Gasteiger partial charge in [0, 0.05) is 51.5 Å². The number of halogens is 1. The Morgan fingerprint density at radius 1 is 0.660 bits per heavy atom. The van der Waals surface area contributed by atoms with E-state index in [9.17, 15) is 10.5 Å². The van der Waals surface area contributed by atoms with Crippen molar-refractivity contribution in [2.45, 2.75) is 11.8 Å². The van der Waals surface area contributed by atoms with E-state index in [4.69, 9.17) is 19.9 Å². The number of hydrogen-bond acceptors (Lipinski definition) is 7. The van der Waals surface area contributed by atoms with Crippen LogP contribution in [0.4, 0.5) is 10.1 Å². The monoisotopic (exact) mass is 613 g/mol. The minimum absolute atomic E-state index is 0.249. The van der Waals surface area contributed by atoms with Crippen molar-refractivity contribution in [2.75, 3.05) is 0 Å². The van der Waals surface area contributed by atoms with Gasteiger partial charge in [-0.3, -0.25) is 10.4 Å². The maximum absolute atomic E-state index is 15.1. The van der Waals surface area contributed by atoms with E-state index >= 15 is 4.39 Å². The standard InChI is InChI=1S/C39H24FN5O2/c40-32-10-4-3-8-27(32)35-29-15-14-25-26(37(29)46-38(43)30(35)20-41)9-5-11-33(25)45-39-31(21-42)34(23-16-18-44-19-17-23)28-13-12-22-6-1-2-7-24(22)36(28)47-39/h1-19,30-31,34-35,43H. The average Bonchev–Trinajstić information content (AvgIpc) is 3.11. The van der Waals surface area contributed by atoms with Crippen LogP contribution < -0.4 is 9.47 Å². The summed E-state index contributed by atoms with van der Waals surface area (Å²) in [6.45, 7) is 0. The van der Waals surface area contributed by atoms with E-state index in [-0.39, 0.29) is 17.7 Å². The number of aliphatic imine (C=N–C) groups is 1. The molecule has 0 fully saturated rings. The van der Waals surface area contributed by atoms with Crippen LogP contribution in [0.5, 0.6) is 11.5 Å². The molecule has 6 aromatic rings. The van der Waals surface area contributed by atoms with Gasteiger partial charge in [-0.05, 0) is 40.8 Å². The van der Waals surface area contributed by atoms with Gasteiger partial charge in [0.1, 0.15) is 29.2 Å². The first-order valence-corrected chi connectivity index (χ1v) is 15.1. The second kappa shape index (κ2) is 11.2.